The Morgan fingerprint density at radius 2 is 1.73 bits per heavy atom. The maximum Gasteiger partial charge on any atom is 0.341 e. The van der Waals surface area contributed by atoms with Gasteiger partial charge in [-0.2, -0.15) is 0 Å². The van der Waals surface area contributed by atoms with Crippen molar-refractivity contribution in [3.05, 3.63) is 41.6 Å². The molecule has 1 fully saturated rings. The molecular weight excluding hydrogens is 386 g/mol. The van der Waals surface area contributed by atoms with Crippen LogP contribution in [0.15, 0.2) is 30.5 Å². The molecule has 1 aliphatic heterocycles. The fourth-order valence-electron chi connectivity index (χ4n) is 3.66. The Bertz CT molecular complexity index is 866. The average molecular weight is 415 g/mol. The van der Waals surface area contributed by atoms with Crippen LogP contribution in [0.25, 0.3) is 0 Å². The molecule has 1 saturated heterocycles. The van der Waals surface area contributed by atoms with Gasteiger partial charge in [-0.15, -0.1) is 0 Å². The van der Waals surface area contributed by atoms with Crippen molar-refractivity contribution >= 4 is 11.8 Å². The van der Waals surface area contributed by atoms with Gasteiger partial charge < -0.3 is 23.8 Å². The van der Waals surface area contributed by atoms with E-state index in [2.05, 4.69) is 14.8 Å². The first kappa shape index (κ1) is 21.7. The SMILES string of the molecule is CCOC(=O)c1cccnc1N1CCN(Cc2ccc(OC)c(OC)c2OC)CC1. The molecule has 1 aliphatic rings. The van der Waals surface area contributed by atoms with Crippen molar-refractivity contribution in [3.63, 3.8) is 0 Å². The van der Waals surface area contributed by atoms with Crippen LogP contribution >= 0.6 is 0 Å². The van der Waals surface area contributed by atoms with Crippen LogP contribution < -0.4 is 19.1 Å². The third-order valence-electron chi connectivity index (χ3n) is 5.13. The van der Waals surface area contributed by atoms with Gasteiger partial charge in [0.2, 0.25) is 5.75 Å². The molecular formula is C22H29N3O5. The Morgan fingerprint density at radius 1 is 1.00 bits per heavy atom. The van der Waals surface area contributed by atoms with Crippen molar-refractivity contribution in [3.8, 4) is 17.2 Å². The van der Waals surface area contributed by atoms with Gasteiger partial charge in [0.1, 0.15) is 11.4 Å². The number of pyridine rings is 1. The maximum atomic E-state index is 12.3. The van der Waals surface area contributed by atoms with E-state index in [-0.39, 0.29) is 5.97 Å². The van der Waals surface area contributed by atoms with Gasteiger partial charge in [0.05, 0.1) is 27.9 Å². The summed E-state index contributed by atoms with van der Waals surface area (Å²) in [6.45, 7) is 6.05. The molecule has 0 saturated carbocycles. The van der Waals surface area contributed by atoms with Gasteiger partial charge in [-0.05, 0) is 25.1 Å². The zero-order valence-electron chi connectivity index (χ0n) is 18.0. The Hall–Kier alpha value is -3.00. The molecule has 2 heterocycles. The lowest BCUT2D eigenvalue weighted by atomic mass is 10.1. The van der Waals surface area contributed by atoms with Crippen molar-refractivity contribution in [1.29, 1.82) is 0 Å². The minimum Gasteiger partial charge on any atom is -0.493 e. The minimum absolute atomic E-state index is 0.335. The lowest BCUT2D eigenvalue weighted by Gasteiger charge is -2.36. The molecule has 1 aromatic heterocycles. The summed E-state index contributed by atoms with van der Waals surface area (Å²) in [6.07, 6.45) is 1.71. The molecule has 162 valence electrons. The summed E-state index contributed by atoms with van der Waals surface area (Å²) in [5, 5.41) is 0. The van der Waals surface area contributed by atoms with E-state index in [1.54, 1.807) is 46.6 Å². The first-order chi connectivity index (χ1) is 14.6. The predicted octanol–water partition coefficient (Wildman–Crippen LogP) is 2.61. The van der Waals surface area contributed by atoms with Crippen LogP contribution in [0.3, 0.4) is 0 Å². The number of rotatable bonds is 8. The van der Waals surface area contributed by atoms with Gasteiger partial charge in [-0.1, -0.05) is 6.07 Å². The highest BCUT2D eigenvalue weighted by Crippen LogP contribution is 2.40. The molecule has 8 heteroatoms. The molecule has 1 aromatic carbocycles. The molecule has 2 aromatic rings. The number of aromatic nitrogens is 1. The van der Waals surface area contributed by atoms with Gasteiger partial charge in [-0.25, -0.2) is 9.78 Å². The van der Waals surface area contributed by atoms with E-state index in [1.807, 2.05) is 12.1 Å². The quantitative estimate of drug-likeness (QED) is 0.609. The van der Waals surface area contributed by atoms with E-state index in [0.29, 0.717) is 35.2 Å². The summed E-state index contributed by atoms with van der Waals surface area (Å²) in [4.78, 5) is 21.2. The third-order valence-corrected chi connectivity index (χ3v) is 5.13. The van der Waals surface area contributed by atoms with Crippen LogP contribution in [0.4, 0.5) is 5.82 Å². The lowest BCUT2D eigenvalue weighted by molar-refractivity contribution is 0.0526. The second-order valence-electron chi connectivity index (χ2n) is 6.85. The Morgan fingerprint density at radius 3 is 2.37 bits per heavy atom. The Labute approximate surface area is 177 Å². The van der Waals surface area contributed by atoms with Gasteiger partial charge in [0.25, 0.3) is 0 Å². The summed E-state index contributed by atoms with van der Waals surface area (Å²) < 4.78 is 21.6. The van der Waals surface area contributed by atoms with Crippen LogP contribution in [0.1, 0.15) is 22.8 Å². The molecule has 0 N–H and O–H groups in total. The average Bonchev–Trinajstić information content (AvgIpc) is 2.79. The number of hydrogen-bond donors (Lipinski definition) is 0. The zero-order chi connectivity index (χ0) is 21.5. The predicted molar refractivity (Wildman–Crippen MR) is 114 cm³/mol. The van der Waals surface area contributed by atoms with Gasteiger partial charge >= 0.3 is 5.97 Å². The lowest BCUT2D eigenvalue weighted by Crippen LogP contribution is -2.46. The number of methoxy groups -OCH3 is 3. The Kier molecular flexibility index (Phi) is 7.35. The van der Waals surface area contributed by atoms with Crippen LogP contribution in [-0.4, -0.2) is 70.0 Å². The van der Waals surface area contributed by atoms with Crippen LogP contribution in [0.2, 0.25) is 0 Å². The van der Waals surface area contributed by atoms with E-state index >= 15 is 0 Å². The minimum atomic E-state index is -0.335. The maximum absolute atomic E-state index is 12.3. The number of carbonyl (C=O) groups excluding carboxylic acids is 1. The van der Waals surface area contributed by atoms with Gasteiger partial charge in [0.15, 0.2) is 11.5 Å². The third kappa shape index (κ3) is 4.59. The smallest absolute Gasteiger partial charge is 0.341 e. The molecule has 0 aliphatic carbocycles. The highest BCUT2D eigenvalue weighted by molar-refractivity contribution is 5.94. The number of ether oxygens (including phenoxy) is 4. The molecule has 8 nitrogen and oxygen atoms in total. The molecule has 0 radical (unpaired) electrons. The summed E-state index contributed by atoms with van der Waals surface area (Å²) in [6, 6.07) is 7.42. The standard InChI is InChI=1S/C22H29N3O5/c1-5-30-22(26)17-7-6-10-23-21(17)25-13-11-24(12-14-25)15-16-8-9-18(27-2)20(29-4)19(16)28-3/h6-10H,5,11-15H2,1-4H3. The van der Waals surface area contributed by atoms with Crippen LogP contribution in [-0.2, 0) is 11.3 Å². The van der Waals surface area contributed by atoms with Crippen molar-refractivity contribution in [2.75, 3.05) is 59.0 Å². The highest BCUT2D eigenvalue weighted by Gasteiger charge is 2.24. The van der Waals surface area contributed by atoms with Gasteiger partial charge in [0, 0.05) is 44.5 Å². The molecule has 30 heavy (non-hydrogen) atoms. The number of carbonyl (C=O) groups is 1. The second kappa shape index (κ2) is 10.2. The fourth-order valence-corrected chi connectivity index (χ4v) is 3.66. The summed E-state index contributed by atoms with van der Waals surface area (Å²) in [5.74, 6) is 2.28. The summed E-state index contributed by atoms with van der Waals surface area (Å²) >= 11 is 0. The molecule has 0 atom stereocenters. The van der Waals surface area contributed by atoms with Crippen LogP contribution in [0, 0.1) is 0 Å². The number of anilines is 1. The van der Waals surface area contributed by atoms with Crippen molar-refractivity contribution in [1.82, 2.24) is 9.88 Å². The fraction of sp³-hybridized carbons (Fsp3) is 0.455. The summed E-state index contributed by atoms with van der Waals surface area (Å²) in [7, 11) is 4.85. The van der Waals surface area contributed by atoms with Crippen molar-refractivity contribution < 1.29 is 23.7 Å². The molecule has 0 spiro atoms. The Balaban J connectivity index is 1.70. The topological polar surface area (TPSA) is 73.4 Å². The monoisotopic (exact) mass is 415 g/mol. The number of esters is 1. The summed E-state index contributed by atoms with van der Waals surface area (Å²) in [5.41, 5.74) is 1.54. The van der Waals surface area contributed by atoms with E-state index in [4.69, 9.17) is 18.9 Å². The van der Waals surface area contributed by atoms with Crippen molar-refractivity contribution in [2.45, 2.75) is 13.5 Å². The highest BCUT2D eigenvalue weighted by atomic mass is 16.5. The number of hydrogen-bond acceptors (Lipinski definition) is 8. The molecule has 3 rings (SSSR count). The zero-order valence-corrected chi connectivity index (χ0v) is 18.0. The van der Waals surface area contributed by atoms with E-state index in [1.165, 1.54) is 0 Å². The van der Waals surface area contributed by atoms with Crippen molar-refractivity contribution in [2.24, 2.45) is 0 Å². The largest absolute Gasteiger partial charge is 0.493 e. The van der Waals surface area contributed by atoms with E-state index in [9.17, 15) is 4.79 Å². The normalized spacial score (nSPS) is 14.3. The second-order valence-corrected chi connectivity index (χ2v) is 6.85. The first-order valence-electron chi connectivity index (χ1n) is 10.00. The first-order valence-corrected chi connectivity index (χ1v) is 10.00. The molecule has 0 bridgehead atoms. The number of nitrogens with zero attached hydrogens (tertiary/aromatic N) is 3. The van der Waals surface area contributed by atoms with E-state index < -0.39 is 0 Å². The molecule has 0 unspecified atom stereocenters. The molecule has 0 amide bonds. The number of benzene rings is 1. The van der Waals surface area contributed by atoms with E-state index in [0.717, 1.165) is 38.3 Å². The van der Waals surface area contributed by atoms with Gasteiger partial charge in [-0.3, -0.25) is 4.90 Å². The number of piperazine rings is 1. The van der Waals surface area contributed by atoms with Crippen LogP contribution in [0.5, 0.6) is 17.2 Å².